The second kappa shape index (κ2) is 4.19. The van der Waals surface area contributed by atoms with Gasteiger partial charge in [0.2, 0.25) is 0 Å². The van der Waals surface area contributed by atoms with Crippen molar-refractivity contribution in [2.45, 2.75) is 20.3 Å². The summed E-state index contributed by atoms with van der Waals surface area (Å²) < 4.78 is 0. The molecule has 2 aromatic rings. The molecule has 0 bridgehead atoms. The van der Waals surface area contributed by atoms with E-state index in [4.69, 9.17) is 5.73 Å². The molecule has 1 aliphatic rings. The van der Waals surface area contributed by atoms with Crippen LogP contribution in [-0.2, 0) is 0 Å². The number of fused-ring (bicyclic) bond motifs is 1. The van der Waals surface area contributed by atoms with Gasteiger partial charge in [-0.25, -0.2) is 0 Å². The van der Waals surface area contributed by atoms with Crippen LogP contribution in [0.2, 0.25) is 0 Å². The first-order valence-corrected chi connectivity index (χ1v) is 6.62. The van der Waals surface area contributed by atoms with Crippen LogP contribution in [-0.4, -0.2) is 23.3 Å². The summed E-state index contributed by atoms with van der Waals surface area (Å²) in [6.07, 6.45) is 3.05. The first-order chi connectivity index (χ1) is 8.65. The molecule has 0 aliphatic carbocycles. The van der Waals surface area contributed by atoms with Crippen LogP contribution in [0.25, 0.3) is 10.9 Å². The lowest BCUT2D eigenvalue weighted by Gasteiger charge is -2.37. The Labute approximate surface area is 107 Å². The molecule has 0 saturated carbocycles. The zero-order chi connectivity index (χ0) is 12.7. The van der Waals surface area contributed by atoms with Crippen molar-refractivity contribution in [1.29, 1.82) is 0 Å². The van der Waals surface area contributed by atoms with Crippen LogP contribution in [0.5, 0.6) is 0 Å². The fourth-order valence-electron chi connectivity index (χ4n) is 2.75. The Morgan fingerprint density at radius 1 is 1.33 bits per heavy atom. The Morgan fingerprint density at radius 2 is 2.17 bits per heavy atom. The number of benzene rings is 1. The van der Waals surface area contributed by atoms with Gasteiger partial charge in [-0.05, 0) is 30.4 Å². The molecular formula is C14H20N4. The minimum Gasteiger partial charge on any atom is -0.397 e. The van der Waals surface area contributed by atoms with Gasteiger partial charge in [-0.3, -0.25) is 5.10 Å². The van der Waals surface area contributed by atoms with Gasteiger partial charge in [0.1, 0.15) is 0 Å². The summed E-state index contributed by atoms with van der Waals surface area (Å²) in [5.41, 5.74) is 9.23. The molecule has 2 atom stereocenters. The highest BCUT2D eigenvalue weighted by Gasteiger charge is 2.24. The maximum Gasteiger partial charge on any atom is 0.0672 e. The third kappa shape index (κ3) is 1.82. The summed E-state index contributed by atoms with van der Waals surface area (Å²) in [5, 5.41) is 8.15. The summed E-state index contributed by atoms with van der Waals surface area (Å²) >= 11 is 0. The molecule has 2 unspecified atom stereocenters. The molecule has 0 spiro atoms. The number of anilines is 2. The molecule has 1 aromatic carbocycles. The average Bonchev–Trinajstić information content (AvgIpc) is 2.79. The van der Waals surface area contributed by atoms with E-state index in [0.29, 0.717) is 0 Å². The standard InChI is InChI=1S/C14H20N4/c1-9-3-4-18(8-10(9)2)14-6-13-11(5-12(14)15)7-16-17-13/h5-7,9-10H,3-4,8,15H2,1-2H3,(H,16,17). The molecule has 0 radical (unpaired) electrons. The number of nitrogen functional groups attached to an aromatic ring is 1. The molecule has 96 valence electrons. The molecule has 1 aliphatic heterocycles. The van der Waals surface area contributed by atoms with Gasteiger partial charge in [0.25, 0.3) is 0 Å². The lowest BCUT2D eigenvalue weighted by molar-refractivity contribution is 0.324. The largest absolute Gasteiger partial charge is 0.397 e. The average molecular weight is 244 g/mol. The number of nitrogens with zero attached hydrogens (tertiary/aromatic N) is 2. The maximum absolute atomic E-state index is 6.17. The van der Waals surface area contributed by atoms with Crippen molar-refractivity contribution in [3.63, 3.8) is 0 Å². The maximum atomic E-state index is 6.17. The van der Waals surface area contributed by atoms with Crippen molar-refractivity contribution in [2.24, 2.45) is 11.8 Å². The number of H-pyrrole nitrogens is 1. The van der Waals surface area contributed by atoms with Gasteiger partial charge in [0, 0.05) is 18.5 Å². The van der Waals surface area contributed by atoms with Crippen molar-refractivity contribution in [3.8, 4) is 0 Å². The van der Waals surface area contributed by atoms with Crippen LogP contribution in [0.15, 0.2) is 18.3 Å². The number of nitrogens with two attached hydrogens (primary N) is 1. The second-order valence-corrected chi connectivity index (χ2v) is 5.56. The van der Waals surface area contributed by atoms with E-state index < -0.39 is 0 Å². The first-order valence-electron chi connectivity index (χ1n) is 6.62. The summed E-state index contributed by atoms with van der Waals surface area (Å²) in [6, 6.07) is 4.14. The zero-order valence-corrected chi connectivity index (χ0v) is 11.0. The van der Waals surface area contributed by atoms with Crippen LogP contribution < -0.4 is 10.6 Å². The molecule has 1 fully saturated rings. The Kier molecular flexibility index (Phi) is 2.65. The summed E-state index contributed by atoms with van der Waals surface area (Å²) in [4.78, 5) is 2.40. The van der Waals surface area contributed by atoms with Gasteiger partial charge in [0.05, 0.1) is 23.1 Å². The van der Waals surface area contributed by atoms with Gasteiger partial charge in [-0.1, -0.05) is 13.8 Å². The van der Waals surface area contributed by atoms with E-state index in [2.05, 4.69) is 35.0 Å². The lowest BCUT2D eigenvalue weighted by Crippen LogP contribution is -2.38. The third-order valence-electron chi connectivity index (χ3n) is 4.26. The van der Waals surface area contributed by atoms with E-state index in [9.17, 15) is 0 Å². The normalized spacial score (nSPS) is 24.7. The fourth-order valence-corrected chi connectivity index (χ4v) is 2.75. The molecule has 1 aromatic heterocycles. The SMILES string of the molecule is CC1CCN(c2cc3[nH]ncc3cc2N)CC1C. The van der Waals surface area contributed by atoms with Crippen LogP contribution in [0.3, 0.4) is 0 Å². The predicted molar refractivity (Wildman–Crippen MR) is 75.7 cm³/mol. The molecule has 3 rings (SSSR count). The third-order valence-corrected chi connectivity index (χ3v) is 4.26. The molecule has 0 amide bonds. The van der Waals surface area contributed by atoms with E-state index in [1.54, 1.807) is 0 Å². The second-order valence-electron chi connectivity index (χ2n) is 5.56. The Bertz CT molecular complexity index is 560. The van der Waals surface area contributed by atoms with Crippen LogP contribution in [0.4, 0.5) is 11.4 Å². The fraction of sp³-hybridized carbons (Fsp3) is 0.500. The number of aromatic nitrogens is 2. The molecular weight excluding hydrogens is 224 g/mol. The van der Waals surface area contributed by atoms with E-state index in [1.807, 2.05) is 12.3 Å². The highest BCUT2D eigenvalue weighted by molar-refractivity contribution is 5.88. The van der Waals surface area contributed by atoms with E-state index in [-0.39, 0.29) is 0 Å². The van der Waals surface area contributed by atoms with Crippen LogP contribution >= 0.6 is 0 Å². The minimum atomic E-state index is 0.718. The van der Waals surface area contributed by atoms with Crippen molar-refractivity contribution < 1.29 is 0 Å². The zero-order valence-electron chi connectivity index (χ0n) is 11.0. The summed E-state index contributed by atoms with van der Waals surface area (Å²) in [6.45, 7) is 6.84. The smallest absolute Gasteiger partial charge is 0.0672 e. The highest BCUT2D eigenvalue weighted by atomic mass is 15.2. The van der Waals surface area contributed by atoms with Crippen molar-refractivity contribution >= 4 is 22.3 Å². The Morgan fingerprint density at radius 3 is 2.94 bits per heavy atom. The number of aromatic amines is 1. The van der Waals surface area contributed by atoms with Crippen molar-refractivity contribution in [1.82, 2.24) is 10.2 Å². The monoisotopic (exact) mass is 244 g/mol. The first kappa shape index (κ1) is 11.4. The molecule has 1 saturated heterocycles. The van der Waals surface area contributed by atoms with Crippen LogP contribution in [0, 0.1) is 11.8 Å². The minimum absolute atomic E-state index is 0.718. The molecule has 4 nitrogen and oxygen atoms in total. The number of nitrogens with one attached hydrogen (secondary N) is 1. The molecule has 3 N–H and O–H groups in total. The molecule has 18 heavy (non-hydrogen) atoms. The highest BCUT2D eigenvalue weighted by Crippen LogP contribution is 2.32. The van der Waals surface area contributed by atoms with Gasteiger partial charge in [-0.2, -0.15) is 5.10 Å². The summed E-state index contributed by atoms with van der Waals surface area (Å²) in [7, 11) is 0. The number of rotatable bonds is 1. The van der Waals surface area contributed by atoms with Gasteiger partial charge >= 0.3 is 0 Å². The van der Waals surface area contributed by atoms with Gasteiger partial charge in [-0.15, -0.1) is 0 Å². The Balaban J connectivity index is 1.95. The number of hydrogen-bond donors (Lipinski definition) is 2. The van der Waals surface area contributed by atoms with Crippen molar-refractivity contribution in [3.05, 3.63) is 18.3 Å². The van der Waals surface area contributed by atoms with E-state index in [0.717, 1.165) is 47.2 Å². The molecule has 4 heteroatoms. The van der Waals surface area contributed by atoms with Crippen LogP contribution in [0.1, 0.15) is 20.3 Å². The predicted octanol–water partition coefficient (Wildman–Crippen LogP) is 2.63. The quantitative estimate of drug-likeness (QED) is 0.758. The number of hydrogen-bond acceptors (Lipinski definition) is 3. The summed E-state index contributed by atoms with van der Waals surface area (Å²) in [5.74, 6) is 1.52. The molecule has 2 heterocycles. The van der Waals surface area contributed by atoms with E-state index in [1.165, 1.54) is 6.42 Å². The topological polar surface area (TPSA) is 57.9 Å². The number of piperidine rings is 1. The van der Waals surface area contributed by atoms with Crippen molar-refractivity contribution in [2.75, 3.05) is 23.7 Å². The van der Waals surface area contributed by atoms with Gasteiger partial charge in [0.15, 0.2) is 0 Å². The Hall–Kier alpha value is -1.71. The lowest BCUT2D eigenvalue weighted by atomic mass is 9.88. The van der Waals surface area contributed by atoms with Gasteiger partial charge < -0.3 is 10.6 Å². The van der Waals surface area contributed by atoms with E-state index >= 15 is 0 Å².